The molecule has 0 radical (unpaired) electrons. The van der Waals surface area contributed by atoms with E-state index in [1.165, 1.54) is 6.07 Å². The molecule has 5 nitrogen and oxygen atoms in total. The summed E-state index contributed by atoms with van der Waals surface area (Å²) in [6.45, 7) is 0. The number of hydrogen-bond acceptors (Lipinski definition) is 3. The topological polar surface area (TPSA) is 71.8 Å². The van der Waals surface area contributed by atoms with Gasteiger partial charge in [-0.3, -0.25) is 15.2 Å². The van der Waals surface area contributed by atoms with Crippen molar-refractivity contribution in [1.82, 2.24) is 10.2 Å². The molecule has 1 aromatic heterocycles. The minimum absolute atomic E-state index is 0.103. The summed E-state index contributed by atoms with van der Waals surface area (Å²) in [4.78, 5) is 10.4. The molecule has 0 amide bonds. The lowest BCUT2D eigenvalue weighted by atomic mass is 10.1. The van der Waals surface area contributed by atoms with E-state index in [0.717, 1.165) is 22.5 Å². The fourth-order valence-corrected chi connectivity index (χ4v) is 2.21. The molecular formula is C16H13N3O2. The lowest BCUT2D eigenvalue weighted by molar-refractivity contribution is -0.384. The summed E-state index contributed by atoms with van der Waals surface area (Å²) in [6.07, 6.45) is 0.561. The van der Waals surface area contributed by atoms with Gasteiger partial charge >= 0.3 is 0 Å². The van der Waals surface area contributed by atoms with E-state index in [9.17, 15) is 10.1 Å². The van der Waals surface area contributed by atoms with Crippen LogP contribution in [0.3, 0.4) is 0 Å². The van der Waals surface area contributed by atoms with Gasteiger partial charge in [-0.25, -0.2) is 0 Å². The van der Waals surface area contributed by atoms with E-state index in [-0.39, 0.29) is 10.6 Å². The minimum atomic E-state index is -0.385. The number of nitro groups is 1. The molecule has 5 heteroatoms. The van der Waals surface area contributed by atoms with E-state index in [0.29, 0.717) is 6.42 Å². The van der Waals surface area contributed by atoms with E-state index in [1.54, 1.807) is 12.1 Å². The molecule has 1 N–H and O–H groups in total. The Hall–Kier alpha value is -2.95. The highest BCUT2D eigenvalue weighted by Gasteiger charge is 2.08. The number of aromatic nitrogens is 2. The predicted octanol–water partition coefficient (Wildman–Crippen LogP) is 3.58. The van der Waals surface area contributed by atoms with E-state index in [1.807, 2.05) is 42.5 Å². The number of rotatable bonds is 4. The fourth-order valence-electron chi connectivity index (χ4n) is 2.21. The Morgan fingerprint density at radius 3 is 2.62 bits per heavy atom. The van der Waals surface area contributed by atoms with Crippen LogP contribution in [-0.2, 0) is 6.42 Å². The average Bonchev–Trinajstić information content (AvgIpc) is 2.97. The average molecular weight is 279 g/mol. The minimum Gasteiger partial charge on any atom is -0.278 e. The molecule has 0 atom stereocenters. The molecule has 0 saturated carbocycles. The normalized spacial score (nSPS) is 10.5. The van der Waals surface area contributed by atoms with Crippen molar-refractivity contribution in [3.05, 3.63) is 82.0 Å². The van der Waals surface area contributed by atoms with Gasteiger partial charge in [-0.05, 0) is 17.2 Å². The zero-order valence-electron chi connectivity index (χ0n) is 11.2. The number of non-ortho nitro benzene ring substituents is 1. The van der Waals surface area contributed by atoms with Gasteiger partial charge < -0.3 is 0 Å². The largest absolute Gasteiger partial charge is 0.278 e. The number of benzene rings is 2. The van der Waals surface area contributed by atoms with Crippen molar-refractivity contribution in [2.45, 2.75) is 6.42 Å². The standard InChI is InChI=1S/C16H13N3O2/c20-19(21)15-8-4-5-12(10-15)9-14-11-16(18-17-14)13-6-2-1-3-7-13/h1-8,10-11H,9H2,(H,17,18). The van der Waals surface area contributed by atoms with Crippen LogP contribution in [0.4, 0.5) is 5.69 Å². The first-order valence-corrected chi connectivity index (χ1v) is 6.55. The second kappa shape index (κ2) is 5.58. The zero-order chi connectivity index (χ0) is 14.7. The molecule has 0 aliphatic heterocycles. The Bertz CT molecular complexity index is 766. The summed E-state index contributed by atoms with van der Waals surface area (Å²) in [5.74, 6) is 0. The van der Waals surface area contributed by atoms with Crippen LogP contribution in [0.15, 0.2) is 60.7 Å². The lowest BCUT2D eigenvalue weighted by Gasteiger charge is -1.98. The lowest BCUT2D eigenvalue weighted by Crippen LogP contribution is -1.92. The molecule has 3 aromatic rings. The van der Waals surface area contributed by atoms with Crippen molar-refractivity contribution < 1.29 is 4.92 Å². The van der Waals surface area contributed by atoms with E-state index < -0.39 is 0 Å². The van der Waals surface area contributed by atoms with E-state index in [2.05, 4.69) is 10.2 Å². The monoisotopic (exact) mass is 279 g/mol. The molecule has 0 spiro atoms. The van der Waals surface area contributed by atoms with Crippen LogP contribution in [0, 0.1) is 10.1 Å². The molecule has 2 aromatic carbocycles. The van der Waals surface area contributed by atoms with Crippen molar-refractivity contribution in [2.24, 2.45) is 0 Å². The quantitative estimate of drug-likeness (QED) is 0.586. The summed E-state index contributed by atoms with van der Waals surface area (Å²) < 4.78 is 0. The van der Waals surface area contributed by atoms with Crippen LogP contribution >= 0.6 is 0 Å². The van der Waals surface area contributed by atoms with Crippen molar-refractivity contribution in [3.8, 4) is 11.3 Å². The molecule has 0 aliphatic carbocycles. The molecule has 104 valence electrons. The number of aromatic amines is 1. The van der Waals surface area contributed by atoms with Gasteiger partial charge in [-0.2, -0.15) is 5.10 Å². The van der Waals surface area contributed by atoms with Crippen molar-refractivity contribution >= 4 is 5.69 Å². The molecule has 1 heterocycles. The Morgan fingerprint density at radius 2 is 1.86 bits per heavy atom. The second-order valence-corrected chi connectivity index (χ2v) is 4.74. The summed E-state index contributed by atoms with van der Waals surface area (Å²) in [5, 5.41) is 18.0. The second-order valence-electron chi connectivity index (χ2n) is 4.74. The number of hydrogen-bond donors (Lipinski definition) is 1. The highest BCUT2D eigenvalue weighted by atomic mass is 16.6. The van der Waals surface area contributed by atoms with Crippen LogP contribution in [0.5, 0.6) is 0 Å². The third-order valence-corrected chi connectivity index (χ3v) is 3.22. The van der Waals surface area contributed by atoms with Crippen molar-refractivity contribution in [2.75, 3.05) is 0 Å². The number of H-pyrrole nitrogens is 1. The van der Waals surface area contributed by atoms with E-state index >= 15 is 0 Å². The third-order valence-electron chi connectivity index (χ3n) is 3.22. The SMILES string of the molecule is O=[N+]([O-])c1cccc(Cc2cc(-c3ccccc3)[nH]n2)c1. The van der Waals surface area contributed by atoms with Crippen LogP contribution in [0.1, 0.15) is 11.3 Å². The molecule has 0 unspecified atom stereocenters. The maximum absolute atomic E-state index is 10.8. The van der Waals surface area contributed by atoms with Crippen molar-refractivity contribution in [1.29, 1.82) is 0 Å². The van der Waals surface area contributed by atoms with Gasteiger partial charge in [-0.1, -0.05) is 42.5 Å². The smallest absolute Gasteiger partial charge is 0.269 e. The van der Waals surface area contributed by atoms with Gasteiger partial charge in [0.1, 0.15) is 0 Å². The molecular weight excluding hydrogens is 266 g/mol. The molecule has 3 rings (SSSR count). The third kappa shape index (κ3) is 2.97. The molecule has 0 fully saturated rings. The van der Waals surface area contributed by atoms with Crippen molar-refractivity contribution in [3.63, 3.8) is 0 Å². The van der Waals surface area contributed by atoms with Crippen LogP contribution in [0.25, 0.3) is 11.3 Å². The first kappa shape index (κ1) is 13.1. The Morgan fingerprint density at radius 1 is 1.05 bits per heavy atom. The fraction of sp³-hybridized carbons (Fsp3) is 0.0625. The maximum Gasteiger partial charge on any atom is 0.269 e. The van der Waals surface area contributed by atoms with Crippen LogP contribution in [0.2, 0.25) is 0 Å². The maximum atomic E-state index is 10.8. The first-order chi connectivity index (χ1) is 10.2. The van der Waals surface area contributed by atoms with Crippen LogP contribution in [-0.4, -0.2) is 15.1 Å². The Balaban J connectivity index is 1.82. The van der Waals surface area contributed by atoms with Gasteiger partial charge in [-0.15, -0.1) is 0 Å². The Kier molecular flexibility index (Phi) is 3.47. The van der Waals surface area contributed by atoms with Gasteiger partial charge in [0.25, 0.3) is 5.69 Å². The zero-order valence-corrected chi connectivity index (χ0v) is 11.2. The molecule has 21 heavy (non-hydrogen) atoms. The number of nitrogens with zero attached hydrogens (tertiary/aromatic N) is 2. The highest BCUT2D eigenvalue weighted by Crippen LogP contribution is 2.20. The summed E-state index contributed by atoms with van der Waals surface area (Å²) >= 11 is 0. The number of nitrogens with one attached hydrogen (secondary N) is 1. The summed E-state index contributed by atoms with van der Waals surface area (Å²) in [7, 11) is 0. The molecule has 0 bridgehead atoms. The Labute approximate surface area is 121 Å². The summed E-state index contributed by atoms with van der Waals surface area (Å²) in [5.41, 5.74) is 3.84. The van der Waals surface area contributed by atoms with Gasteiger partial charge in [0.2, 0.25) is 0 Å². The van der Waals surface area contributed by atoms with Gasteiger partial charge in [0.05, 0.1) is 16.3 Å². The summed E-state index contributed by atoms with van der Waals surface area (Å²) in [6, 6.07) is 18.5. The molecule has 0 saturated heterocycles. The first-order valence-electron chi connectivity index (χ1n) is 6.55. The highest BCUT2D eigenvalue weighted by molar-refractivity contribution is 5.59. The van der Waals surface area contributed by atoms with Crippen LogP contribution < -0.4 is 0 Å². The molecule has 0 aliphatic rings. The van der Waals surface area contributed by atoms with Gasteiger partial charge in [0, 0.05) is 18.6 Å². The number of nitro benzene ring substituents is 1. The predicted molar refractivity (Wildman–Crippen MR) is 79.9 cm³/mol. The van der Waals surface area contributed by atoms with E-state index in [4.69, 9.17) is 0 Å². The van der Waals surface area contributed by atoms with Gasteiger partial charge in [0.15, 0.2) is 0 Å².